The Bertz CT molecular complexity index is 836. The van der Waals surface area contributed by atoms with Crippen molar-refractivity contribution in [2.24, 2.45) is 0 Å². The fourth-order valence-corrected chi connectivity index (χ4v) is 2.16. The zero-order chi connectivity index (χ0) is 20.7. The van der Waals surface area contributed by atoms with Crippen LogP contribution in [0.2, 0.25) is 0 Å². The zero-order valence-electron chi connectivity index (χ0n) is 15.0. The number of amides is 1. The quantitative estimate of drug-likeness (QED) is 0.548. The molecule has 0 radical (unpaired) electrons. The summed E-state index contributed by atoms with van der Waals surface area (Å²) in [4.78, 5) is 23.9. The van der Waals surface area contributed by atoms with Crippen molar-refractivity contribution in [2.45, 2.75) is 19.5 Å². The number of anilines is 2. The highest BCUT2D eigenvalue weighted by Crippen LogP contribution is 2.35. The molecule has 0 aliphatic rings. The number of carbonyl (C=O) groups is 2. The number of rotatable bonds is 7. The van der Waals surface area contributed by atoms with Crippen LogP contribution in [0.3, 0.4) is 0 Å². The highest BCUT2D eigenvalue weighted by atomic mass is 19.4. The standard InChI is InChI=1S/C19H19F3N2O4/c1-2-9-27-16-8-5-13(19(20,21)22)10-15(16)24-17(25)11-28-18(26)12-3-6-14(23)7-4-12/h3-8,10H,2,9,11,23H2,1H3,(H,24,25). The molecule has 1 amide bonds. The van der Waals surface area contributed by atoms with Crippen LogP contribution in [-0.4, -0.2) is 25.1 Å². The van der Waals surface area contributed by atoms with Gasteiger partial charge in [0.05, 0.1) is 23.4 Å². The molecule has 0 unspecified atom stereocenters. The molecule has 2 aromatic rings. The number of ether oxygens (including phenoxy) is 2. The summed E-state index contributed by atoms with van der Waals surface area (Å²) in [6.45, 7) is 1.42. The Kier molecular flexibility index (Phi) is 6.86. The van der Waals surface area contributed by atoms with Crippen LogP contribution < -0.4 is 15.8 Å². The number of halogens is 3. The van der Waals surface area contributed by atoms with Gasteiger partial charge in [-0.3, -0.25) is 4.79 Å². The maximum atomic E-state index is 12.9. The highest BCUT2D eigenvalue weighted by Gasteiger charge is 2.31. The molecule has 0 spiro atoms. The molecular formula is C19H19F3N2O4. The van der Waals surface area contributed by atoms with E-state index >= 15 is 0 Å². The van der Waals surface area contributed by atoms with Gasteiger partial charge < -0.3 is 20.5 Å². The molecule has 9 heteroatoms. The molecule has 150 valence electrons. The fourth-order valence-electron chi connectivity index (χ4n) is 2.16. The first-order valence-electron chi connectivity index (χ1n) is 8.37. The van der Waals surface area contributed by atoms with Gasteiger partial charge in [-0.2, -0.15) is 13.2 Å². The normalized spacial score (nSPS) is 11.0. The van der Waals surface area contributed by atoms with E-state index in [1.165, 1.54) is 24.3 Å². The lowest BCUT2D eigenvalue weighted by atomic mass is 10.1. The summed E-state index contributed by atoms with van der Waals surface area (Å²) in [5.74, 6) is -1.47. The van der Waals surface area contributed by atoms with Crippen molar-refractivity contribution in [1.82, 2.24) is 0 Å². The van der Waals surface area contributed by atoms with Crippen LogP contribution in [0.4, 0.5) is 24.5 Å². The molecule has 0 aromatic heterocycles. The first-order valence-corrected chi connectivity index (χ1v) is 8.37. The Morgan fingerprint density at radius 1 is 1.11 bits per heavy atom. The van der Waals surface area contributed by atoms with E-state index in [4.69, 9.17) is 15.2 Å². The average molecular weight is 396 g/mol. The van der Waals surface area contributed by atoms with Crippen LogP contribution in [-0.2, 0) is 15.7 Å². The van der Waals surface area contributed by atoms with Gasteiger partial charge in [0.25, 0.3) is 5.91 Å². The maximum Gasteiger partial charge on any atom is 0.416 e. The number of esters is 1. The van der Waals surface area contributed by atoms with Crippen LogP contribution in [0.5, 0.6) is 5.75 Å². The Morgan fingerprint density at radius 2 is 1.79 bits per heavy atom. The number of hydrogen-bond donors (Lipinski definition) is 2. The molecule has 0 aliphatic heterocycles. The van der Waals surface area contributed by atoms with E-state index in [1.807, 2.05) is 6.92 Å². The molecule has 0 saturated carbocycles. The number of hydrogen-bond acceptors (Lipinski definition) is 5. The van der Waals surface area contributed by atoms with Crippen LogP contribution in [0.15, 0.2) is 42.5 Å². The molecule has 0 fully saturated rings. The van der Waals surface area contributed by atoms with E-state index in [9.17, 15) is 22.8 Å². The summed E-state index contributed by atoms with van der Waals surface area (Å²) in [5, 5.41) is 2.29. The number of benzene rings is 2. The molecule has 0 bridgehead atoms. The number of alkyl halides is 3. The van der Waals surface area contributed by atoms with Crippen LogP contribution in [0.25, 0.3) is 0 Å². The molecule has 0 atom stereocenters. The lowest BCUT2D eigenvalue weighted by Crippen LogP contribution is -2.21. The predicted molar refractivity (Wildman–Crippen MR) is 97.0 cm³/mol. The van der Waals surface area contributed by atoms with Crippen LogP contribution in [0.1, 0.15) is 29.3 Å². The minimum atomic E-state index is -4.58. The van der Waals surface area contributed by atoms with Crippen molar-refractivity contribution in [1.29, 1.82) is 0 Å². The van der Waals surface area contributed by atoms with Crippen molar-refractivity contribution in [3.63, 3.8) is 0 Å². The Balaban J connectivity index is 2.06. The van der Waals surface area contributed by atoms with Crippen LogP contribution in [0, 0.1) is 0 Å². The van der Waals surface area contributed by atoms with Gasteiger partial charge in [-0.1, -0.05) is 6.92 Å². The Hall–Kier alpha value is -3.23. The van der Waals surface area contributed by atoms with Gasteiger partial charge in [0.2, 0.25) is 0 Å². The molecule has 2 rings (SSSR count). The monoisotopic (exact) mass is 396 g/mol. The summed E-state index contributed by atoms with van der Waals surface area (Å²) in [7, 11) is 0. The molecule has 6 nitrogen and oxygen atoms in total. The van der Waals surface area contributed by atoms with E-state index < -0.39 is 30.2 Å². The summed E-state index contributed by atoms with van der Waals surface area (Å²) < 4.78 is 49.0. The second-order valence-corrected chi connectivity index (χ2v) is 5.80. The number of nitrogen functional groups attached to an aromatic ring is 1. The van der Waals surface area contributed by atoms with Crippen molar-refractivity contribution in [3.05, 3.63) is 53.6 Å². The minimum absolute atomic E-state index is 0.0908. The number of nitrogens with one attached hydrogen (secondary N) is 1. The average Bonchev–Trinajstić information content (AvgIpc) is 2.65. The van der Waals surface area contributed by atoms with E-state index in [0.717, 1.165) is 18.2 Å². The van der Waals surface area contributed by atoms with E-state index in [2.05, 4.69) is 5.32 Å². The Labute approximate surface area is 159 Å². The summed E-state index contributed by atoms with van der Waals surface area (Å²) >= 11 is 0. The second kappa shape index (κ2) is 9.12. The van der Waals surface area contributed by atoms with Crippen molar-refractivity contribution in [3.8, 4) is 5.75 Å². The summed E-state index contributed by atoms with van der Waals surface area (Å²) in [6.07, 6.45) is -3.95. The predicted octanol–water partition coefficient (Wildman–Crippen LogP) is 3.87. The van der Waals surface area contributed by atoms with Gasteiger partial charge >= 0.3 is 12.1 Å². The number of carbonyl (C=O) groups excluding carboxylic acids is 2. The summed E-state index contributed by atoms with van der Waals surface area (Å²) in [5.41, 5.74) is 5.07. The largest absolute Gasteiger partial charge is 0.491 e. The third-order valence-corrected chi connectivity index (χ3v) is 3.52. The van der Waals surface area contributed by atoms with Crippen LogP contribution >= 0.6 is 0 Å². The maximum absolute atomic E-state index is 12.9. The fraction of sp³-hybridized carbons (Fsp3) is 0.263. The van der Waals surface area contributed by atoms with Gasteiger partial charge in [-0.25, -0.2) is 4.79 Å². The van der Waals surface area contributed by atoms with Gasteiger partial charge in [0, 0.05) is 5.69 Å². The lowest BCUT2D eigenvalue weighted by Gasteiger charge is -2.15. The smallest absolute Gasteiger partial charge is 0.416 e. The highest BCUT2D eigenvalue weighted by molar-refractivity contribution is 5.96. The minimum Gasteiger partial charge on any atom is -0.491 e. The molecule has 0 heterocycles. The molecule has 28 heavy (non-hydrogen) atoms. The van der Waals surface area contributed by atoms with Gasteiger partial charge in [-0.15, -0.1) is 0 Å². The first kappa shape index (κ1) is 21.1. The van der Waals surface area contributed by atoms with Gasteiger partial charge in [0.15, 0.2) is 6.61 Å². The topological polar surface area (TPSA) is 90.6 Å². The van der Waals surface area contributed by atoms with Crippen molar-refractivity contribution in [2.75, 3.05) is 24.3 Å². The lowest BCUT2D eigenvalue weighted by molar-refractivity contribution is -0.137. The third kappa shape index (κ3) is 5.90. The third-order valence-electron chi connectivity index (χ3n) is 3.52. The number of nitrogens with two attached hydrogens (primary N) is 1. The molecule has 2 aromatic carbocycles. The van der Waals surface area contributed by atoms with E-state index in [-0.39, 0.29) is 23.6 Å². The van der Waals surface area contributed by atoms with Gasteiger partial charge in [0.1, 0.15) is 5.75 Å². The molecule has 0 aliphatic carbocycles. The zero-order valence-corrected chi connectivity index (χ0v) is 15.0. The molecule has 0 saturated heterocycles. The van der Waals surface area contributed by atoms with Gasteiger partial charge in [-0.05, 0) is 48.9 Å². The van der Waals surface area contributed by atoms with E-state index in [1.54, 1.807) is 0 Å². The second-order valence-electron chi connectivity index (χ2n) is 5.80. The Morgan fingerprint density at radius 3 is 2.39 bits per heavy atom. The first-order chi connectivity index (χ1) is 13.2. The SMILES string of the molecule is CCCOc1ccc(C(F)(F)F)cc1NC(=O)COC(=O)c1ccc(N)cc1. The molecule has 3 N–H and O–H groups in total. The summed E-state index contributed by atoms with van der Waals surface area (Å²) in [6, 6.07) is 8.62. The van der Waals surface area contributed by atoms with E-state index in [0.29, 0.717) is 12.1 Å². The molecular weight excluding hydrogens is 377 g/mol. The van der Waals surface area contributed by atoms with Crippen molar-refractivity contribution >= 4 is 23.3 Å². The van der Waals surface area contributed by atoms with Crippen molar-refractivity contribution < 1.29 is 32.2 Å².